The van der Waals surface area contributed by atoms with Crippen LogP contribution in [-0.2, 0) is 9.53 Å². The van der Waals surface area contributed by atoms with E-state index in [1.54, 1.807) is 6.92 Å². The summed E-state index contributed by atoms with van der Waals surface area (Å²) in [6.07, 6.45) is 1.04. The zero-order chi connectivity index (χ0) is 11.8. The second kappa shape index (κ2) is 6.88. The lowest BCUT2D eigenvalue weighted by atomic mass is 10.3. The van der Waals surface area contributed by atoms with Crippen molar-refractivity contribution in [2.45, 2.75) is 32.8 Å². The van der Waals surface area contributed by atoms with Crippen molar-refractivity contribution in [1.29, 1.82) is 0 Å². The van der Waals surface area contributed by atoms with Crippen LogP contribution in [-0.4, -0.2) is 18.7 Å². The normalized spacial score (nSPS) is 11.9. The number of carbonyl (C=O) groups is 1. The maximum Gasteiger partial charge on any atom is 0.305 e. The highest BCUT2D eigenvalue weighted by Gasteiger charge is 2.07. The van der Waals surface area contributed by atoms with Gasteiger partial charge in [-0.15, -0.1) is 0 Å². The zero-order valence-electron chi connectivity index (χ0n) is 9.81. The molecule has 1 aromatic rings. The molecule has 0 N–H and O–H groups in total. The first-order valence-corrected chi connectivity index (χ1v) is 5.59. The number of rotatable bonds is 6. The third-order valence-corrected chi connectivity index (χ3v) is 2.16. The molecule has 0 bridgehead atoms. The first-order chi connectivity index (χ1) is 7.72. The third-order valence-electron chi connectivity index (χ3n) is 2.16. The minimum absolute atomic E-state index is 0.0869. The highest BCUT2D eigenvalue weighted by molar-refractivity contribution is 5.69. The summed E-state index contributed by atoms with van der Waals surface area (Å²) in [5, 5.41) is 0. The average molecular weight is 222 g/mol. The molecule has 0 aliphatic rings. The molecule has 0 aromatic heterocycles. The van der Waals surface area contributed by atoms with E-state index in [0.717, 1.165) is 5.75 Å². The van der Waals surface area contributed by atoms with E-state index < -0.39 is 0 Å². The van der Waals surface area contributed by atoms with E-state index in [0.29, 0.717) is 19.4 Å². The van der Waals surface area contributed by atoms with Gasteiger partial charge in [0, 0.05) is 12.8 Å². The highest BCUT2D eigenvalue weighted by Crippen LogP contribution is 2.09. The summed E-state index contributed by atoms with van der Waals surface area (Å²) in [5.41, 5.74) is 0. The van der Waals surface area contributed by atoms with Gasteiger partial charge in [-0.2, -0.15) is 0 Å². The molecule has 0 amide bonds. The molecule has 0 heterocycles. The minimum atomic E-state index is -0.160. The SMILES string of the molecule is CCC(=O)OC(C)CCOc1ccccc1. The summed E-state index contributed by atoms with van der Waals surface area (Å²) in [7, 11) is 0. The smallest absolute Gasteiger partial charge is 0.305 e. The van der Waals surface area contributed by atoms with Gasteiger partial charge in [-0.25, -0.2) is 0 Å². The number of carbonyl (C=O) groups excluding carboxylic acids is 1. The van der Waals surface area contributed by atoms with Crippen LogP contribution in [0.4, 0.5) is 0 Å². The number of para-hydroxylation sites is 1. The van der Waals surface area contributed by atoms with Crippen molar-refractivity contribution >= 4 is 5.97 Å². The Morgan fingerprint density at radius 2 is 2.00 bits per heavy atom. The maximum absolute atomic E-state index is 11.0. The summed E-state index contributed by atoms with van der Waals surface area (Å²) in [6, 6.07) is 9.61. The van der Waals surface area contributed by atoms with Gasteiger partial charge in [-0.1, -0.05) is 25.1 Å². The van der Waals surface area contributed by atoms with Crippen LogP contribution < -0.4 is 4.74 Å². The molecule has 0 saturated carbocycles. The van der Waals surface area contributed by atoms with E-state index in [9.17, 15) is 4.79 Å². The van der Waals surface area contributed by atoms with Crippen LogP contribution in [0.25, 0.3) is 0 Å². The molecule has 0 aliphatic carbocycles. The second-order valence-electron chi connectivity index (χ2n) is 3.60. The zero-order valence-corrected chi connectivity index (χ0v) is 9.81. The summed E-state index contributed by atoms with van der Waals surface area (Å²) < 4.78 is 10.6. The van der Waals surface area contributed by atoms with Crippen molar-refractivity contribution in [3.63, 3.8) is 0 Å². The van der Waals surface area contributed by atoms with E-state index in [-0.39, 0.29) is 12.1 Å². The summed E-state index contributed by atoms with van der Waals surface area (Å²) in [4.78, 5) is 11.0. The Morgan fingerprint density at radius 3 is 2.62 bits per heavy atom. The molecule has 1 atom stereocenters. The Bertz CT molecular complexity index is 308. The lowest BCUT2D eigenvalue weighted by molar-refractivity contribution is -0.148. The summed E-state index contributed by atoms with van der Waals surface area (Å²) in [6.45, 7) is 4.22. The molecule has 1 aromatic carbocycles. The van der Waals surface area contributed by atoms with E-state index in [2.05, 4.69) is 0 Å². The van der Waals surface area contributed by atoms with Gasteiger partial charge in [-0.05, 0) is 19.1 Å². The standard InChI is InChI=1S/C13H18O3/c1-3-13(14)16-11(2)9-10-15-12-7-5-4-6-8-12/h4-8,11H,3,9-10H2,1-2H3. The molecule has 0 saturated heterocycles. The molecule has 0 spiro atoms. The fraction of sp³-hybridized carbons (Fsp3) is 0.462. The predicted molar refractivity (Wildman–Crippen MR) is 62.4 cm³/mol. The number of benzene rings is 1. The molecule has 0 fully saturated rings. The molecule has 3 heteroatoms. The molecular formula is C13H18O3. The number of hydrogen-bond acceptors (Lipinski definition) is 3. The number of esters is 1. The van der Waals surface area contributed by atoms with Crippen molar-refractivity contribution in [2.75, 3.05) is 6.61 Å². The van der Waals surface area contributed by atoms with Crippen LogP contribution in [0.15, 0.2) is 30.3 Å². The van der Waals surface area contributed by atoms with E-state index in [4.69, 9.17) is 9.47 Å². The van der Waals surface area contributed by atoms with Gasteiger partial charge in [0.1, 0.15) is 11.9 Å². The fourth-order valence-electron chi connectivity index (χ4n) is 1.23. The Kier molecular flexibility index (Phi) is 5.40. The average Bonchev–Trinajstić information content (AvgIpc) is 2.30. The van der Waals surface area contributed by atoms with Crippen LogP contribution in [0, 0.1) is 0 Å². The highest BCUT2D eigenvalue weighted by atomic mass is 16.5. The van der Waals surface area contributed by atoms with E-state index in [1.807, 2.05) is 37.3 Å². The number of ether oxygens (including phenoxy) is 2. The molecule has 1 rings (SSSR count). The van der Waals surface area contributed by atoms with Gasteiger partial charge in [-0.3, -0.25) is 4.79 Å². The first-order valence-electron chi connectivity index (χ1n) is 5.59. The topological polar surface area (TPSA) is 35.5 Å². The molecular weight excluding hydrogens is 204 g/mol. The minimum Gasteiger partial charge on any atom is -0.493 e. The summed E-state index contributed by atoms with van der Waals surface area (Å²) >= 11 is 0. The van der Waals surface area contributed by atoms with Crippen molar-refractivity contribution in [3.05, 3.63) is 30.3 Å². The van der Waals surface area contributed by atoms with Crippen molar-refractivity contribution < 1.29 is 14.3 Å². The van der Waals surface area contributed by atoms with Gasteiger partial charge in [0.15, 0.2) is 0 Å². The Morgan fingerprint density at radius 1 is 1.31 bits per heavy atom. The molecule has 88 valence electrons. The van der Waals surface area contributed by atoms with Gasteiger partial charge in [0.05, 0.1) is 6.61 Å². The van der Waals surface area contributed by atoms with Crippen molar-refractivity contribution in [2.24, 2.45) is 0 Å². The first kappa shape index (κ1) is 12.6. The maximum atomic E-state index is 11.0. The monoisotopic (exact) mass is 222 g/mol. The lowest BCUT2D eigenvalue weighted by Gasteiger charge is -2.13. The van der Waals surface area contributed by atoms with Crippen LogP contribution >= 0.6 is 0 Å². The predicted octanol–water partition coefficient (Wildman–Crippen LogP) is 2.80. The molecule has 0 radical (unpaired) electrons. The quantitative estimate of drug-likeness (QED) is 0.694. The second-order valence-corrected chi connectivity index (χ2v) is 3.60. The molecule has 16 heavy (non-hydrogen) atoms. The summed E-state index contributed by atoms with van der Waals surface area (Å²) in [5.74, 6) is 0.684. The van der Waals surface area contributed by atoms with E-state index in [1.165, 1.54) is 0 Å². The fourth-order valence-corrected chi connectivity index (χ4v) is 1.23. The Labute approximate surface area is 96.4 Å². The van der Waals surface area contributed by atoms with Crippen LogP contribution in [0.3, 0.4) is 0 Å². The van der Waals surface area contributed by atoms with Crippen LogP contribution in [0.2, 0.25) is 0 Å². The Balaban J connectivity index is 2.18. The Hall–Kier alpha value is -1.51. The number of hydrogen-bond donors (Lipinski definition) is 0. The van der Waals surface area contributed by atoms with Gasteiger partial charge >= 0.3 is 5.97 Å². The van der Waals surface area contributed by atoms with Crippen LogP contribution in [0.5, 0.6) is 5.75 Å². The lowest BCUT2D eigenvalue weighted by Crippen LogP contribution is -2.16. The van der Waals surface area contributed by atoms with Crippen molar-refractivity contribution in [3.8, 4) is 5.75 Å². The largest absolute Gasteiger partial charge is 0.493 e. The third kappa shape index (κ3) is 4.82. The van der Waals surface area contributed by atoms with Crippen molar-refractivity contribution in [1.82, 2.24) is 0 Å². The molecule has 1 unspecified atom stereocenters. The van der Waals surface area contributed by atoms with Crippen LogP contribution in [0.1, 0.15) is 26.7 Å². The van der Waals surface area contributed by atoms with E-state index >= 15 is 0 Å². The van der Waals surface area contributed by atoms with Gasteiger partial charge in [0.2, 0.25) is 0 Å². The van der Waals surface area contributed by atoms with Gasteiger partial charge in [0.25, 0.3) is 0 Å². The van der Waals surface area contributed by atoms with Gasteiger partial charge < -0.3 is 9.47 Å². The molecule has 3 nitrogen and oxygen atoms in total. The molecule has 0 aliphatic heterocycles.